The fourth-order valence-corrected chi connectivity index (χ4v) is 3.23. The van der Waals surface area contributed by atoms with E-state index in [1.54, 1.807) is 41.8 Å². The Morgan fingerprint density at radius 3 is 2.55 bits per heavy atom. The first-order valence-electron chi connectivity index (χ1n) is 9.40. The van der Waals surface area contributed by atoms with Gasteiger partial charge >= 0.3 is 0 Å². The van der Waals surface area contributed by atoms with E-state index in [4.69, 9.17) is 4.42 Å². The van der Waals surface area contributed by atoms with E-state index in [-0.39, 0.29) is 11.8 Å². The average molecular weight is 391 g/mol. The van der Waals surface area contributed by atoms with Crippen molar-refractivity contribution >= 4 is 17.5 Å². The predicted molar refractivity (Wildman–Crippen MR) is 106 cm³/mol. The van der Waals surface area contributed by atoms with Crippen LogP contribution in [0.5, 0.6) is 0 Å². The molecule has 1 fully saturated rings. The lowest BCUT2D eigenvalue weighted by Gasteiger charge is -2.35. The standard InChI is InChI=1S/C21H21N5O3/c27-20(24-13-16-3-5-22-6-4-16)17-12-18(15-23-14-17)25-7-9-26(10-8-25)21(28)19-2-1-11-29-19/h1-6,11-12,14-15H,7-10,13H2,(H,24,27). The van der Waals surface area contributed by atoms with Crippen molar-refractivity contribution in [2.75, 3.05) is 31.1 Å². The number of carbonyl (C=O) groups is 2. The van der Waals surface area contributed by atoms with Crippen LogP contribution in [0.3, 0.4) is 0 Å². The Bertz CT molecular complexity index is 967. The molecule has 0 unspecified atom stereocenters. The monoisotopic (exact) mass is 391 g/mol. The van der Waals surface area contributed by atoms with Gasteiger partial charge in [-0.25, -0.2) is 0 Å². The Morgan fingerprint density at radius 2 is 1.83 bits per heavy atom. The zero-order valence-electron chi connectivity index (χ0n) is 15.8. The Labute approximate surface area is 168 Å². The molecular formula is C21H21N5O3. The number of hydrogen-bond donors (Lipinski definition) is 1. The smallest absolute Gasteiger partial charge is 0.289 e. The lowest BCUT2D eigenvalue weighted by molar-refractivity contribution is 0.0714. The number of nitrogens with one attached hydrogen (secondary N) is 1. The van der Waals surface area contributed by atoms with Crippen molar-refractivity contribution < 1.29 is 14.0 Å². The van der Waals surface area contributed by atoms with E-state index in [1.807, 2.05) is 18.2 Å². The first-order valence-corrected chi connectivity index (χ1v) is 9.40. The van der Waals surface area contributed by atoms with Crippen LogP contribution >= 0.6 is 0 Å². The van der Waals surface area contributed by atoms with Gasteiger partial charge in [0.2, 0.25) is 0 Å². The number of hydrogen-bond acceptors (Lipinski definition) is 6. The molecule has 0 aliphatic carbocycles. The van der Waals surface area contributed by atoms with Crippen molar-refractivity contribution in [2.24, 2.45) is 0 Å². The highest BCUT2D eigenvalue weighted by Crippen LogP contribution is 2.18. The van der Waals surface area contributed by atoms with Crippen molar-refractivity contribution in [3.05, 3.63) is 78.3 Å². The molecule has 1 aliphatic rings. The molecule has 4 rings (SSSR count). The molecule has 29 heavy (non-hydrogen) atoms. The van der Waals surface area contributed by atoms with Crippen molar-refractivity contribution in [1.82, 2.24) is 20.2 Å². The largest absolute Gasteiger partial charge is 0.459 e. The average Bonchev–Trinajstić information content (AvgIpc) is 3.33. The van der Waals surface area contributed by atoms with Gasteiger partial charge in [-0.1, -0.05) is 0 Å². The molecule has 0 aromatic carbocycles. The minimum absolute atomic E-state index is 0.1000. The molecule has 1 aliphatic heterocycles. The van der Waals surface area contributed by atoms with Crippen molar-refractivity contribution in [2.45, 2.75) is 6.54 Å². The molecule has 0 bridgehead atoms. The van der Waals surface area contributed by atoms with Gasteiger partial charge in [-0.2, -0.15) is 0 Å². The number of pyridine rings is 2. The molecule has 4 heterocycles. The Kier molecular flexibility index (Phi) is 5.51. The lowest BCUT2D eigenvalue weighted by Crippen LogP contribution is -2.48. The van der Waals surface area contributed by atoms with Gasteiger partial charge in [0.05, 0.1) is 23.7 Å². The predicted octanol–water partition coefficient (Wildman–Crippen LogP) is 1.96. The number of aromatic nitrogens is 2. The summed E-state index contributed by atoms with van der Waals surface area (Å²) >= 11 is 0. The molecule has 0 atom stereocenters. The second-order valence-electron chi connectivity index (χ2n) is 6.73. The zero-order valence-corrected chi connectivity index (χ0v) is 15.8. The third kappa shape index (κ3) is 4.43. The van der Waals surface area contributed by atoms with Crippen LogP contribution in [0.25, 0.3) is 0 Å². The van der Waals surface area contributed by atoms with E-state index in [1.165, 1.54) is 6.26 Å². The van der Waals surface area contributed by atoms with Crippen LogP contribution in [0, 0.1) is 0 Å². The van der Waals surface area contributed by atoms with Gasteiger partial charge < -0.3 is 19.5 Å². The van der Waals surface area contributed by atoms with Gasteiger partial charge in [-0.15, -0.1) is 0 Å². The van der Waals surface area contributed by atoms with Gasteiger partial charge in [0, 0.05) is 51.3 Å². The summed E-state index contributed by atoms with van der Waals surface area (Å²) in [6.07, 6.45) is 8.19. The Hall–Kier alpha value is -3.68. The molecule has 3 aromatic rings. The topological polar surface area (TPSA) is 91.6 Å². The van der Waals surface area contributed by atoms with Crippen molar-refractivity contribution in [3.63, 3.8) is 0 Å². The second-order valence-corrected chi connectivity index (χ2v) is 6.73. The van der Waals surface area contributed by atoms with E-state index in [0.29, 0.717) is 44.0 Å². The molecule has 3 aromatic heterocycles. The van der Waals surface area contributed by atoms with E-state index in [2.05, 4.69) is 20.2 Å². The molecule has 1 saturated heterocycles. The molecule has 0 radical (unpaired) electrons. The molecule has 8 nitrogen and oxygen atoms in total. The van der Waals surface area contributed by atoms with Crippen LogP contribution in [-0.4, -0.2) is 52.9 Å². The third-order valence-electron chi connectivity index (χ3n) is 4.85. The lowest BCUT2D eigenvalue weighted by atomic mass is 10.2. The maximum atomic E-state index is 12.5. The minimum atomic E-state index is -0.178. The number of amides is 2. The third-order valence-corrected chi connectivity index (χ3v) is 4.85. The summed E-state index contributed by atoms with van der Waals surface area (Å²) in [4.78, 5) is 36.9. The fraction of sp³-hybridized carbons (Fsp3) is 0.238. The summed E-state index contributed by atoms with van der Waals surface area (Å²) in [5.74, 6) is 0.0767. The molecule has 8 heteroatoms. The number of furan rings is 1. The molecular weight excluding hydrogens is 370 g/mol. The van der Waals surface area contributed by atoms with Crippen molar-refractivity contribution in [1.29, 1.82) is 0 Å². The zero-order chi connectivity index (χ0) is 20.1. The van der Waals surface area contributed by atoms with Crippen molar-refractivity contribution in [3.8, 4) is 0 Å². The highest BCUT2D eigenvalue weighted by molar-refractivity contribution is 5.94. The number of nitrogens with zero attached hydrogens (tertiary/aromatic N) is 4. The molecule has 0 spiro atoms. The Balaban J connectivity index is 1.35. The van der Waals surface area contributed by atoms with Gasteiger partial charge in [0.1, 0.15) is 0 Å². The van der Waals surface area contributed by atoms with Gasteiger partial charge in [-0.3, -0.25) is 19.6 Å². The summed E-state index contributed by atoms with van der Waals surface area (Å²) < 4.78 is 5.19. The quantitative estimate of drug-likeness (QED) is 0.715. The second kappa shape index (κ2) is 8.55. The maximum Gasteiger partial charge on any atom is 0.289 e. The molecule has 2 amide bonds. The van der Waals surface area contributed by atoms with Crippen LogP contribution < -0.4 is 10.2 Å². The van der Waals surface area contributed by atoms with Gasteiger partial charge in [-0.05, 0) is 35.9 Å². The molecule has 1 N–H and O–H groups in total. The highest BCUT2D eigenvalue weighted by Gasteiger charge is 2.24. The SMILES string of the molecule is O=C(NCc1ccncc1)c1cncc(N2CCN(C(=O)c3ccco3)CC2)c1. The van der Waals surface area contributed by atoms with E-state index in [0.717, 1.165) is 11.3 Å². The number of piperazine rings is 1. The first-order chi connectivity index (χ1) is 14.2. The van der Waals surface area contributed by atoms with Crippen LogP contribution in [0.15, 0.2) is 65.8 Å². The summed E-state index contributed by atoms with van der Waals surface area (Å²) in [6, 6.07) is 8.93. The summed E-state index contributed by atoms with van der Waals surface area (Å²) in [5.41, 5.74) is 2.35. The van der Waals surface area contributed by atoms with E-state index >= 15 is 0 Å². The number of anilines is 1. The maximum absolute atomic E-state index is 12.5. The molecule has 0 saturated carbocycles. The Morgan fingerprint density at radius 1 is 1.03 bits per heavy atom. The fourth-order valence-electron chi connectivity index (χ4n) is 3.23. The number of rotatable bonds is 5. The normalized spacial score (nSPS) is 13.9. The number of carbonyl (C=O) groups excluding carboxylic acids is 2. The highest BCUT2D eigenvalue weighted by atomic mass is 16.3. The van der Waals surface area contributed by atoms with Crippen LogP contribution in [0.4, 0.5) is 5.69 Å². The first kappa shape index (κ1) is 18.7. The summed E-state index contributed by atoms with van der Waals surface area (Å²) in [6.45, 7) is 2.92. The van der Waals surface area contributed by atoms with Crippen LogP contribution in [0.1, 0.15) is 26.5 Å². The van der Waals surface area contributed by atoms with Crippen LogP contribution in [-0.2, 0) is 6.54 Å². The van der Waals surface area contributed by atoms with Crippen LogP contribution in [0.2, 0.25) is 0 Å². The minimum Gasteiger partial charge on any atom is -0.459 e. The van der Waals surface area contributed by atoms with Gasteiger partial charge in [0.25, 0.3) is 11.8 Å². The van der Waals surface area contributed by atoms with Gasteiger partial charge in [0.15, 0.2) is 5.76 Å². The molecule has 148 valence electrons. The van der Waals surface area contributed by atoms with E-state index in [9.17, 15) is 9.59 Å². The van der Waals surface area contributed by atoms with E-state index < -0.39 is 0 Å². The summed E-state index contributed by atoms with van der Waals surface area (Å²) in [7, 11) is 0. The summed E-state index contributed by atoms with van der Waals surface area (Å²) in [5, 5.41) is 2.89.